The van der Waals surface area contributed by atoms with Crippen LogP contribution >= 0.6 is 11.3 Å². The average molecular weight is 932 g/mol. The number of cyclic esters (lactones) is 1. The molecule has 1 aromatic carbocycles. The van der Waals surface area contributed by atoms with Crippen LogP contribution in [0.5, 0.6) is 0 Å². The van der Waals surface area contributed by atoms with Gasteiger partial charge in [-0.15, -0.1) is 11.3 Å². The first-order valence-electron chi connectivity index (χ1n) is 25.1. The third kappa shape index (κ3) is 9.05. The average Bonchev–Trinajstić information content (AvgIpc) is 3.97. The molecule has 1 saturated carbocycles. The minimum absolute atomic E-state index is 0.0330. The highest BCUT2D eigenvalue weighted by atomic mass is 32.1. The van der Waals surface area contributed by atoms with E-state index in [1.165, 1.54) is 16.9 Å². The number of carbonyl (C=O) groups is 4. The zero-order valence-electron chi connectivity index (χ0n) is 40.2. The topological polar surface area (TPSA) is 164 Å². The number of aromatic nitrogens is 3. The van der Waals surface area contributed by atoms with Crippen molar-refractivity contribution in [2.75, 3.05) is 39.3 Å². The fraction of sp³-hybridized carbons (Fsp3) is 0.615. The third-order valence-electron chi connectivity index (χ3n) is 15.8. The van der Waals surface area contributed by atoms with Crippen molar-refractivity contribution in [3.63, 3.8) is 0 Å². The van der Waals surface area contributed by atoms with Gasteiger partial charge in [0.15, 0.2) is 0 Å². The maximum atomic E-state index is 15.0. The molecule has 6 atom stereocenters. The minimum Gasteiger partial charge on any atom is -0.464 e. The molecule has 0 unspecified atom stereocenters. The summed E-state index contributed by atoms with van der Waals surface area (Å²) >= 11 is 1.51. The van der Waals surface area contributed by atoms with Gasteiger partial charge in [0.05, 0.1) is 34.7 Å². The van der Waals surface area contributed by atoms with Gasteiger partial charge < -0.3 is 19.5 Å². The maximum absolute atomic E-state index is 15.0. The van der Waals surface area contributed by atoms with Crippen molar-refractivity contribution in [3.05, 3.63) is 58.2 Å². The van der Waals surface area contributed by atoms with E-state index < -0.39 is 17.5 Å². The summed E-state index contributed by atoms with van der Waals surface area (Å²) in [5.41, 5.74) is 10.2. The molecule has 4 saturated heterocycles. The molecule has 6 aliphatic rings. The van der Waals surface area contributed by atoms with Crippen LogP contribution in [0.15, 0.2) is 41.9 Å². The quantitative estimate of drug-likeness (QED) is 0.132. The Kier molecular flexibility index (Phi) is 12.6. The van der Waals surface area contributed by atoms with Gasteiger partial charge in [-0.2, -0.15) is 0 Å². The van der Waals surface area contributed by atoms with Crippen molar-refractivity contribution in [1.82, 2.24) is 45.4 Å². The number of thiazole rings is 1. The highest BCUT2D eigenvalue weighted by molar-refractivity contribution is 7.10. The van der Waals surface area contributed by atoms with Gasteiger partial charge in [-0.25, -0.2) is 10.4 Å². The standard InChI is InChI=1S/C52H69N9O5S/c1-7-60-41-17-16-34-24-36(41)37(46(60)35-14-10-20-53-43(35)31(2)3)26-51(5,6)30-66-50(65)38-15-11-21-61(57-38)48(63)39(25-42-55-40(34)27-67-42)56-47(62)45(33-12-8-9-13-33)58-22-18-52(28-58)19-23-59(29-52)49(64)44-32(4)54-44/h10,14,16-17,20,24,27,31-33,38-39,44-45,54,57H,7-9,11-13,15,18-19,21-23,25-26,28-30H2,1-6H3,(H,56,62)/t32-,38+,39+,44-,45+,52+/m1/s1. The number of rotatable bonds is 8. The molecular weight excluding hydrogens is 863 g/mol. The first-order valence-corrected chi connectivity index (χ1v) is 26.0. The van der Waals surface area contributed by atoms with Crippen molar-refractivity contribution < 1.29 is 23.9 Å². The Morgan fingerprint density at radius 1 is 1.03 bits per heavy atom. The Hall–Kier alpha value is -4.70. The van der Waals surface area contributed by atoms with E-state index in [1.807, 2.05) is 17.2 Å². The van der Waals surface area contributed by atoms with Crippen LogP contribution in [0.4, 0.5) is 0 Å². The predicted octanol–water partition coefficient (Wildman–Crippen LogP) is 6.46. The van der Waals surface area contributed by atoms with E-state index in [0.717, 1.165) is 115 Å². The summed E-state index contributed by atoms with van der Waals surface area (Å²) in [6.07, 6.45) is 9.87. The molecule has 5 fully saturated rings. The SMILES string of the molecule is CCn1c(-c2cccnc2C(C)C)c2c3cc(ccc31)-c1csc(n1)C[C@H](NC(=O)[C@H](C1CCCC1)N1CC[C@]3(CCN(C(=O)[C@@H]4N[C@@H]4C)C3)C1)C(=O)N1CCC[C@H](N1)C(=O)OCC(C)(C)C2. The number of ether oxygens (including phenoxy) is 1. The van der Waals surface area contributed by atoms with Crippen LogP contribution in [0.3, 0.4) is 0 Å². The molecule has 10 rings (SSSR count). The van der Waals surface area contributed by atoms with Crippen molar-refractivity contribution >= 4 is 45.9 Å². The van der Waals surface area contributed by atoms with Crippen molar-refractivity contribution in [2.45, 2.75) is 148 Å². The first-order chi connectivity index (χ1) is 32.2. The molecule has 4 aromatic rings. The van der Waals surface area contributed by atoms with E-state index in [2.05, 4.69) is 96.7 Å². The number of pyridine rings is 1. The summed E-state index contributed by atoms with van der Waals surface area (Å²) in [5.74, 6) is -0.199. The lowest BCUT2D eigenvalue weighted by Crippen LogP contribution is -2.62. The zero-order chi connectivity index (χ0) is 46.8. The lowest BCUT2D eigenvalue weighted by molar-refractivity contribution is -0.155. The summed E-state index contributed by atoms with van der Waals surface area (Å²) in [6.45, 7) is 17.3. The second-order valence-electron chi connectivity index (χ2n) is 21.7. The van der Waals surface area contributed by atoms with E-state index in [1.54, 1.807) is 5.01 Å². The van der Waals surface area contributed by atoms with Gasteiger partial charge in [0.25, 0.3) is 5.91 Å². The van der Waals surface area contributed by atoms with E-state index in [4.69, 9.17) is 14.7 Å². The number of nitrogens with zero attached hydrogens (tertiary/aromatic N) is 6. The number of carbonyl (C=O) groups excluding carboxylic acids is 4. The Labute approximate surface area is 398 Å². The Morgan fingerprint density at radius 3 is 2.58 bits per heavy atom. The smallest absolute Gasteiger partial charge is 0.324 e. The van der Waals surface area contributed by atoms with E-state index >= 15 is 4.79 Å². The number of esters is 1. The van der Waals surface area contributed by atoms with Gasteiger partial charge in [0, 0.05) is 89.6 Å². The number of benzene rings is 1. The minimum atomic E-state index is -0.912. The lowest BCUT2D eigenvalue weighted by Gasteiger charge is -2.37. The molecule has 5 aliphatic heterocycles. The van der Waals surface area contributed by atoms with Crippen LogP contribution in [-0.2, 0) is 43.3 Å². The maximum Gasteiger partial charge on any atom is 0.324 e. The van der Waals surface area contributed by atoms with Gasteiger partial charge in [0.2, 0.25) is 11.8 Å². The van der Waals surface area contributed by atoms with Crippen LogP contribution in [0, 0.1) is 16.7 Å². The molecule has 3 aromatic heterocycles. The van der Waals surface area contributed by atoms with Gasteiger partial charge in [-0.1, -0.05) is 46.6 Å². The number of hydrazine groups is 1. The van der Waals surface area contributed by atoms with Crippen molar-refractivity contribution in [3.8, 4) is 22.5 Å². The molecule has 8 heterocycles. The Morgan fingerprint density at radius 2 is 1.82 bits per heavy atom. The number of hydrogen-bond donors (Lipinski definition) is 3. The third-order valence-corrected chi connectivity index (χ3v) is 16.7. The van der Waals surface area contributed by atoms with Gasteiger partial charge in [-0.3, -0.25) is 39.4 Å². The van der Waals surface area contributed by atoms with Crippen LogP contribution in [-0.4, -0.2) is 123 Å². The predicted molar refractivity (Wildman–Crippen MR) is 260 cm³/mol. The van der Waals surface area contributed by atoms with E-state index in [-0.39, 0.29) is 72.1 Å². The second kappa shape index (κ2) is 18.3. The van der Waals surface area contributed by atoms with E-state index in [0.29, 0.717) is 25.8 Å². The molecule has 15 heteroatoms. The first kappa shape index (κ1) is 46.1. The van der Waals surface area contributed by atoms with Crippen LogP contribution < -0.4 is 16.1 Å². The van der Waals surface area contributed by atoms with Crippen molar-refractivity contribution in [1.29, 1.82) is 0 Å². The fourth-order valence-electron chi connectivity index (χ4n) is 12.2. The number of likely N-dealkylation sites (tertiary alicyclic amines) is 2. The van der Waals surface area contributed by atoms with Gasteiger partial charge >= 0.3 is 5.97 Å². The Balaban J connectivity index is 0.984. The zero-order valence-corrected chi connectivity index (χ0v) is 41.1. The van der Waals surface area contributed by atoms with Crippen molar-refractivity contribution in [2.24, 2.45) is 16.7 Å². The second-order valence-corrected chi connectivity index (χ2v) is 22.6. The molecule has 14 nitrogen and oxygen atoms in total. The molecule has 67 heavy (non-hydrogen) atoms. The molecular formula is C52H69N9O5S. The number of hydrogen-bond acceptors (Lipinski definition) is 11. The summed E-state index contributed by atoms with van der Waals surface area (Å²) < 4.78 is 8.58. The largest absolute Gasteiger partial charge is 0.464 e. The van der Waals surface area contributed by atoms with Crippen LogP contribution in [0.1, 0.15) is 115 Å². The van der Waals surface area contributed by atoms with Gasteiger partial charge in [-0.05, 0) is 107 Å². The molecule has 1 spiro atoms. The molecule has 6 bridgehead atoms. The number of aryl methyl sites for hydroxylation is 1. The lowest BCUT2D eigenvalue weighted by atomic mass is 9.84. The summed E-state index contributed by atoms with van der Waals surface area (Å²) in [4.78, 5) is 71.6. The molecule has 1 aliphatic carbocycles. The van der Waals surface area contributed by atoms with E-state index in [9.17, 15) is 14.4 Å². The summed E-state index contributed by atoms with van der Waals surface area (Å²) in [5, 5.41) is 12.1. The van der Waals surface area contributed by atoms with Crippen LogP contribution in [0.25, 0.3) is 33.4 Å². The molecule has 358 valence electrons. The Bertz CT molecular complexity index is 2550. The summed E-state index contributed by atoms with van der Waals surface area (Å²) in [6, 6.07) is 8.94. The van der Waals surface area contributed by atoms with Gasteiger partial charge in [0.1, 0.15) is 18.1 Å². The van der Waals surface area contributed by atoms with Crippen LogP contribution in [0.2, 0.25) is 0 Å². The number of fused-ring (bicyclic) bond motifs is 6. The highest BCUT2D eigenvalue weighted by Gasteiger charge is 2.51. The molecule has 3 amide bonds. The monoisotopic (exact) mass is 932 g/mol. The fourth-order valence-corrected chi connectivity index (χ4v) is 13.0. The number of nitrogens with one attached hydrogen (secondary N) is 3. The number of amides is 3. The molecule has 3 N–H and O–H groups in total. The summed E-state index contributed by atoms with van der Waals surface area (Å²) in [7, 11) is 0. The molecule has 0 radical (unpaired) electrons. The highest BCUT2D eigenvalue weighted by Crippen LogP contribution is 2.44. The normalized spacial score (nSPS) is 27.5.